The van der Waals surface area contributed by atoms with E-state index in [1.54, 1.807) is 24.3 Å². The first kappa shape index (κ1) is 18.5. The molecule has 8 nitrogen and oxygen atoms in total. The maximum absolute atomic E-state index is 12.6. The van der Waals surface area contributed by atoms with Crippen LogP contribution in [0.4, 0.5) is 5.69 Å². The molecule has 1 aliphatic heterocycles. The van der Waals surface area contributed by atoms with Crippen LogP contribution in [0.1, 0.15) is 12.5 Å². The molecule has 0 atom stereocenters. The molecule has 3 aromatic rings. The second-order valence-electron chi connectivity index (χ2n) is 6.50. The van der Waals surface area contributed by atoms with Crippen molar-refractivity contribution < 1.29 is 14.3 Å². The second kappa shape index (κ2) is 7.67. The molecule has 0 unspecified atom stereocenters. The van der Waals surface area contributed by atoms with Crippen LogP contribution < -0.4 is 25.9 Å². The minimum atomic E-state index is -0.788. The van der Waals surface area contributed by atoms with Crippen molar-refractivity contribution in [1.82, 2.24) is 9.13 Å². The Hall–Kier alpha value is -3.81. The van der Waals surface area contributed by atoms with E-state index in [9.17, 15) is 14.4 Å². The molecule has 0 saturated carbocycles. The molecule has 148 valence electrons. The average molecular weight is 393 g/mol. The summed E-state index contributed by atoms with van der Waals surface area (Å²) in [6, 6.07) is 12.4. The van der Waals surface area contributed by atoms with E-state index in [4.69, 9.17) is 9.47 Å². The van der Waals surface area contributed by atoms with Crippen LogP contribution in [-0.4, -0.2) is 21.8 Å². The van der Waals surface area contributed by atoms with Gasteiger partial charge in [0.1, 0.15) is 6.54 Å². The summed E-state index contributed by atoms with van der Waals surface area (Å²) in [7, 11) is 0. The molecule has 2 aromatic carbocycles. The summed E-state index contributed by atoms with van der Waals surface area (Å²) in [6.07, 6.45) is 3.64. The Morgan fingerprint density at radius 1 is 1.03 bits per heavy atom. The maximum Gasteiger partial charge on any atom is 0.320 e. The van der Waals surface area contributed by atoms with Gasteiger partial charge in [0.05, 0.1) is 5.69 Å². The largest absolute Gasteiger partial charge is 0.454 e. The predicted molar refractivity (Wildman–Crippen MR) is 107 cm³/mol. The van der Waals surface area contributed by atoms with E-state index in [2.05, 4.69) is 5.32 Å². The molecule has 0 radical (unpaired) electrons. The van der Waals surface area contributed by atoms with Gasteiger partial charge in [-0.1, -0.05) is 25.1 Å². The number of ether oxygens (including phenoxy) is 2. The number of aryl methyl sites for hydroxylation is 1. The number of nitrogens with one attached hydrogen (secondary N) is 1. The summed E-state index contributed by atoms with van der Waals surface area (Å²) in [5.41, 5.74) is 0.621. The fourth-order valence-electron chi connectivity index (χ4n) is 3.17. The number of carbonyl (C=O) groups excluding carboxylic acids is 1. The van der Waals surface area contributed by atoms with E-state index in [1.807, 2.05) is 25.1 Å². The van der Waals surface area contributed by atoms with Gasteiger partial charge in [0.2, 0.25) is 12.7 Å². The summed E-state index contributed by atoms with van der Waals surface area (Å²) in [5.74, 6) is 0.708. The Morgan fingerprint density at radius 3 is 2.66 bits per heavy atom. The molecule has 4 rings (SSSR count). The monoisotopic (exact) mass is 393 g/mol. The average Bonchev–Trinajstić information content (AvgIpc) is 3.20. The molecule has 0 spiro atoms. The van der Waals surface area contributed by atoms with Crippen LogP contribution in [0, 0.1) is 0 Å². The molecule has 1 amide bonds. The highest BCUT2D eigenvalue weighted by Crippen LogP contribution is 2.33. The second-order valence-corrected chi connectivity index (χ2v) is 6.50. The van der Waals surface area contributed by atoms with Crippen LogP contribution in [0.3, 0.4) is 0 Å². The summed E-state index contributed by atoms with van der Waals surface area (Å²) in [4.78, 5) is 37.4. The number of fused-ring (bicyclic) bond motifs is 1. The van der Waals surface area contributed by atoms with Crippen LogP contribution in [0.15, 0.2) is 64.4 Å². The first-order chi connectivity index (χ1) is 14.1. The highest BCUT2D eigenvalue weighted by Gasteiger charge is 2.16. The van der Waals surface area contributed by atoms with Crippen molar-refractivity contribution in [3.63, 3.8) is 0 Å². The lowest BCUT2D eigenvalue weighted by atomic mass is 10.1. The van der Waals surface area contributed by atoms with Gasteiger partial charge in [-0.05, 0) is 30.2 Å². The fraction of sp³-hybridized carbons (Fsp3) is 0.190. The normalized spacial score (nSPS) is 12.0. The minimum Gasteiger partial charge on any atom is -0.454 e. The van der Waals surface area contributed by atoms with Crippen LogP contribution in [-0.2, 0) is 17.8 Å². The number of carbonyl (C=O) groups is 1. The van der Waals surface area contributed by atoms with Crippen LogP contribution in [0.2, 0.25) is 0 Å². The smallest absolute Gasteiger partial charge is 0.320 e. The molecule has 2 heterocycles. The Labute approximate surface area is 165 Å². The molecule has 0 aliphatic carbocycles. The van der Waals surface area contributed by atoms with Gasteiger partial charge in [-0.3, -0.25) is 23.5 Å². The number of hydrogen-bond acceptors (Lipinski definition) is 5. The number of para-hydroxylation sites is 1. The highest BCUT2D eigenvalue weighted by atomic mass is 16.7. The summed E-state index contributed by atoms with van der Waals surface area (Å²) < 4.78 is 12.9. The van der Waals surface area contributed by atoms with E-state index in [0.717, 1.165) is 16.6 Å². The number of amides is 1. The van der Waals surface area contributed by atoms with E-state index < -0.39 is 11.1 Å². The number of benzene rings is 2. The lowest BCUT2D eigenvalue weighted by Crippen LogP contribution is -2.41. The molecule has 8 heteroatoms. The van der Waals surface area contributed by atoms with Crippen LogP contribution in [0.25, 0.3) is 5.69 Å². The molecule has 0 bridgehead atoms. The van der Waals surface area contributed by atoms with Gasteiger partial charge in [0.15, 0.2) is 11.5 Å². The van der Waals surface area contributed by atoms with Crippen LogP contribution >= 0.6 is 0 Å². The number of rotatable bonds is 5. The number of aromatic nitrogens is 2. The van der Waals surface area contributed by atoms with Crippen molar-refractivity contribution in [2.45, 2.75) is 19.9 Å². The molecule has 1 aliphatic rings. The fourth-order valence-corrected chi connectivity index (χ4v) is 3.17. The molecule has 1 N–H and O–H groups in total. The van der Waals surface area contributed by atoms with E-state index in [0.29, 0.717) is 22.9 Å². The Kier molecular flexibility index (Phi) is 4.90. The third-order valence-electron chi connectivity index (χ3n) is 4.68. The van der Waals surface area contributed by atoms with Crippen molar-refractivity contribution in [1.29, 1.82) is 0 Å². The molecule has 0 fully saturated rings. The maximum atomic E-state index is 12.6. The van der Waals surface area contributed by atoms with Crippen molar-refractivity contribution >= 4 is 11.6 Å². The van der Waals surface area contributed by atoms with Gasteiger partial charge in [-0.2, -0.15) is 0 Å². The zero-order chi connectivity index (χ0) is 20.4. The third kappa shape index (κ3) is 3.64. The first-order valence-corrected chi connectivity index (χ1v) is 9.16. The Balaban J connectivity index is 1.57. The summed E-state index contributed by atoms with van der Waals surface area (Å²) in [6.45, 7) is 1.85. The SMILES string of the molecule is CCc1ccccc1NC(=O)Cn1ccn(-c2ccc3c(c2)OCO3)c(=O)c1=O. The quantitative estimate of drug-likeness (QED) is 0.669. The van der Waals surface area contributed by atoms with Gasteiger partial charge >= 0.3 is 11.1 Å². The van der Waals surface area contributed by atoms with Crippen LogP contribution in [0.5, 0.6) is 11.5 Å². The van der Waals surface area contributed by atoms with Crippen molar-refractivity contribution in [3.8, 4) is 17.2 Å². The van der Waals surface area contributed by atoms with E-state index in [-0.39, 0.29) is 19.2 Å². The third-order valence-corrected chi connectivity index (χ3v) is 4.68. The predicted octanol–water partition coefficient (Wildman–Crippen LogP) is 1.93. The summed E-state index contributed by atoms with van der Waals surface area (Å²) in [5, 5.41) is 2.79. The van der Waals surface area contributed by atoms with Gasteiger partial charge in [-0.15, -0.1) is 0 Å². The molecule has 1 aromatic heterocycles. The molecular formula is C21H19N3O5. The van der Waals surface area contributed by atoms with Crippen molar-refractivity contribution in [2.75, 3.05) is 12.1 Å². The van der Waals surface area contributed by atoms with E-state index >= 15 is 0 Å². The number of nitrogens with zero attached hydrogens (tertiary/aromatic N) is 2. The lowest BCUT2D eigenvalue weighted by molar-refractivity contribution is -0.116. The molecular weight excluding hydrogens is 374 g/mol. The van der Waals surface area contributed by atoms with Gasteiger partial charge in [-0.25, -0.2) is 0 Å². The molecule has 0 saturated heterocycles. The minimum absolute atomic E-state index is 0.117. The first-order valence-electron chi connectivity index (χ1n) is 9.16. The zero-order valence-corrected chi connectivity index (χ0v) is 15.8. The number of anilines is 1. The molecule has 29 heavy (non-hydrogen) atoms. The Bertz CT molecular complexity index is 1200. The van der Waals surface area contributed by atoms with Crippen molar-refractivity contribution in [2.24, 2.45) is 0 Å². The summed E-state index contributed by atoms with van der Waals surface area (Å²) >= 11 is 0. The van der Waals surface area contributed by atoms with Crippen molar-refractivity contribution in [3.05, 3.63) is 81.1 Å². The van der Waals surface area contributed by atoms with Gasteiger partial charge in [0, 0.05) is 24.1 Å². The topological polar surface area (TPSA) is 91.6 Å². The lowest BCUT2D eigenvalue weighted by Gasteiger charge is -2.12. The van der Waals surface area contributed by atoms with E-state index in [1.165, 1.54) is 17.0 Å². The van der Waals surface area contributed by atoms with Gasteiger partial charge in [0.25, 0.3) is 0 Å². The zero-order valence-electron chi connectivity index (χ0n) is 15.8. The highest BCUT2D eigenvalue weighted by molar-refractivity contribution is 5.91. The number of hydrogen-bond donors (Lipinski definition) is 1. The Morgan fingerprint density at radius 2 is 1.83 bits per heavy atom. The van der Waals surface area contributed by atoms with Gasteiger partial charge < -0.3 is 14.8 Å². The standard InChI is InChI=1S/C21H19N3O5/c1-2-14-5-3-4-6-16(14)22-19(25)12-23-9-10-24(21(27)20(23)26)15-7-8-17-18(11-15)29-13-28-17/h3-11H,2,12-13H2,1H3,(H,22,25).